The van der Waals surface area contributed by atoms with Crippen LogP contribution < -0.4 is 0 Å². The van der Waals surface area contributed by atoms with Gasteiger partial charge in [-0.25, -0.2) is 0 Å². The SMILES string of the molecule is O=C(c1ccc2c(c1)CCN(C(=O)C1CCCCC1)C2)N1CC2CCN(C3CCC3)C2C1. The highest BCUT2D eigenvalue weighted by Gasteiger charge is 2.46. The summed E-state index contributed by atoms with van der Waals surface area (Å²) < 4.78 is 0. The van der Waals surface area contributed by atoms with Crippen LogP contribution in [0, 0.1) is 11.8 Å². The molecule has 0 radical (unpaired) electrons. The van der Waals surface area contributed by atoms with E-state index >= 15 is 0 Å². The average Bonchev–Trinajstić information content (AvgIpc) is 3.39. The molecule has 3 aliphatic heterocycles. The highest BCUT2D eigenvalue weighted by atomic mass is 16.2. The largest absolute Gasteiger partial charge is 0.338 e. The number of hydrogen-bond acceptors (Lipinski definition) is 3. The molecule has 2 unspecified atom stereocenters. The van der Waals surface area contributed by atoms with Crippen LogP contribution in [0.1, 0.15) is 79.3 Å². The van der Waals surface area contributed by atoms with E-state index in [0.717, 1.165) is 50.5 Å². The number of carbonyl (C=O) groups excluding carboxylic acids is 2. The molecule has 5 nitrogen and oxygen atoms in total. The van der Waals surface area contributed by atoms with Crippen molar-refractivity contribution in [2.75, 3.05) is 26.2 Å². The zero-order valence-corrected chi connectivity index (χ0v) is 19.3. The van der Waals surface area contributed by atoms with E-state index < -0.39 is 0 Å². The first-order valence-electron chi connectivity index (χ1n) is 13.1. The molecule has 0 bridgehead atoms. The molecule has 2 aliphatic carbocycles. The Kier molecular flexibility index (Phi) is 5.49. The molecular weight excluding hydrogens is 398 g/mol. The first-order valence-corrected chi connectivity index (χ1v) is 13.1. The molecule has 4 fully saturated rings. The Balaban J connectivity index is 1.11. The first-order chi connectivity index (χ1) is 15.7. The molecule has 0 N–H and O–H groups in total. The monoisotopic (exact) mass is 435 g/mol. The molecule has 5 aliphatic rings. The molecule has 1 aromatic carbocycles. The Bertz CT molecular complexity index is 889. The summed E-state index contributed by atoms with van der Waals surface area (Å²) in [4.78, 5) is 33.2. The topological polar surface area (TPSA) is 43.9 Å². The Labute approximate surface area is 192 Å². The number of hydrogen-bond donors (Lipinski definition) is 0. The van der Waals surface area contributed by atoms with Gasteiger partial charge in [-0.2, -0.15) is 0 Å². The van der Waals surface area contributed by atoms with E-state index in [1.54, 1.807) is 0 Å². The van der Waals surface area contributed by atoms with Crippen LogP contribution in [-0.4, -0.2) is 64.8 Å². The van der Waals surface area contributed by atoms with Gasteiger partial charge in [0.05, 0.1) is 0 Å². The van der Waals surface area contributed by atoms with Crippen molar-refractivity contribution in [2.45, 2.75) is 82.8 Å². The highest BCUT2D eigenvalue weighted by molar-refractivity contribution is 5.95. The van der Waals surface area contributed by atoms with Crippen LogP contribution in [0.15, 0.2) is 18.2 Å². The summed E-state index contributed by atoms with van der Waals surface area (Å²) in [6.45, 7) is 4.57. The Morgan fingerprint density at radius 1 is 0.812 bits per heavy atom. The highest BCUT2D eigenvalue weighted by Crippen LogP contribution is 2.38. The summed E-state index contributed by atoms with van der Waals surface area (Å²) in [6.07, 6.45) is 12.0. The minimum atomic E-state index is 0.205. The lowest BCUT2D eigenvalue weighted by Gasteiger charge is -2.38. The summed E-state index contributed by atoms with van der Waals surface area (Å²) in [5, 5.41) is 0. The zero-order valence-electron chi connectivity index (χ0n) is 19.3. The van der Waals surface area contributed by atoms with Crippen molar-refractivity contribution in [3.63, 3.8) is 0 Å². The lowest BCUT2D eigenvalue weighted by Crippen LogP contribution is -2.46. The van der Waals surface area contributed by atoms with Crippen molar-refractivity contribution >= 4 is 11.8 Å². The van der Waals surface area contributed by atoms with E-state index in [9.17, 15) is 9.59 Å². The zero-order chi connectivity index (χ0) is 21.7. The first kappa shape index (κ1) is 20.7. The number of benzene rings is 1. The van der Waals surface area contributed by atoms with Gasteiger partial charge < -0.3 is 9.80 Å². The van der Waals surface area contributed by atoms with E-state index in [2.05, 4.69) is 26.8 Å². The fraction of sp³-hybridized carbons (Fsp3) is 0.704. The molecule has 2 atom stereocenters. The van der Waals surface area contributed by atoms with Gasteiger partial charge in [0.2, 0.25) is 5.91 Å². The predicted octanol–water partition coefficient (Wildman–Crippen LogP) is 3.85. The third kappa shape index (κ3) is 3.67. The van der Waals surface area contributed by atoms with Gasteiger partial charge in [0.15, 0.2) is 0 Å². The van der Waals surface area contributed by atoms with Crippen molar-refractivity contribution in [3.05, 3.63) is 34.9 Å². The van der Waals surface area contributed by atoms with Crippen LogP contribution in [0.5, 0.6) is 0 Å². The summed E-state index contributed by atoms with van der Waals surface area (Å²) in [7, 11) is 0. The molecule has 3 heterocycles. The van der Waals surface area contributed by atoms with Crippen LogP contribution in [-0.2, 0) is 17.8 Å². The van der Waals surface area contributed by atoms with E-state index in [1.807, 2.05) is 6.07 Å². The van der Waals surface area contributed by atoms with Gasteiger partial charge in [0, 0.05) is 49.7 Å². The second kappa shape index (κ2) is 8.48. The third-order valence-corrected chi connectivity index (χ3v) is 9.15. The molecule has 2 saturated heterocycles. The second-order valence-corrected chi connectivity index (χ2v) is 11.0. The molecule has 1 aromatic rings. The summed E-state index contributed by atoms with van der Waals surface area (Å²) >= 11 is 0. The normalized spacial score (nSPS) is 29.0. The number of likely N-dealkylation sites (tertiary alicyclic amines) is 2. The Hall–Kier alpha value is -1.88. The minimum Gasteiger partial charge on any atom is -0.338 e. The smallest absolute Gasteiger partial charge is 0.253 e. The van der Waals surface area contributed by atoms with Gasteiger partial charge in [0.1, 0.15) is 0 Å². The Morgan fingerprint density at radius 2 is 1.66 bits per heavy atom. The maximum atomic E-state index is 13.3. The molecule has 2 saturated carbocycles. The van der Waals surface area contributed by atoms with Crippen LogP contribution in [0.25, 0.3) is 0 Å². The Morgan fingerprint density at radius 3 is 2.44 bits per heavy atom. The quantitative estimate of drug-likeness (QED) is 0.724. The van der Waals surface area contributed by atoms with Crippen LogP contribution in [0.3, 0.4) is 0 Å². The molecular formula is C27H37N3O2. The fourth-order valence-electron chi connectivity index (χ4n) is 7.00. The van der Waals surface area contributed by atoms with Crippen LogP contribution in [0.2, 0.25) is 0 Å². The lowest BCUT2D eigenvalue weighted by atomic mass is 9.87. The number of nitrogens with zero attached hydrogens (tertiary/aromatic N) is 3. The maximum absolute atomic E-state index is 13.3. The second-order valence-electron chi connectivity index (χ2n) is 11.0. The maximum Gasteiger partial charge on any atom is 0.253 e. The number of carbonyl (C=O) groups is 2. The lowest BCUT2D eigenvalue weighted by molar-refractivity contribution is -0.137. The molecule has 0 spiro atoms. The average molecular weight is 436 g/mol. The minimum absolute atomic E-state index is 0.205. The molecule has 172 valence electrons. The molecule has 6 rings (SSSR count). The summed E-state index contributed by atoms with van der Waals surface area (Å²) in [6, 6.07) is 7.61. The summed E-state index contributed by atoms with van der Waals surface area (Å²) in [5.74, 6) is 1.46. The van der Waals surface area contributed by atoms with Crippen molar-refractivity contribution in [3.8, 4) is 0 Å². The van der Waals surface area contributed by atoms with Crippen LogP contribution >= 0.6 is 0 Å². The standard InChI is InChI=1S/C27H37N3O2/c31-26(19-5-2-1-3-6-19)28-13-11-20-15-21(9-10-22(20)16-28)27(32)29-17-23-12-14-30(25(23)18-29)24-7-4-8-24/h9-10,15,19,23-25H,1-8,11-14,16-18H2. The van der Waals surface area contributed by atoms with Crippen molar-refractivity contribution in [1.82, 2.24) is 14.7 Å². The molecule has 0 aromatic heterocycles. The number of amides is 2. The van der Waals surface area contributed by atoms with Crippen molar-refractivity contribution in [2.24, 2.45) is 11.8 Å². The van der Waals surface area contributed by atoms with Gasteiger partial charge in [-0.05, 0) is 74.2 Å². The third-order valence-electron chi connectivity index (χ3n) is 9.15. The van der Waals surface area contributed by atoms with Crippen molar-refractivity contribution in [1.29, 1.82) is 0 Å². The summed E-state index contributed by atoms with van der Waals surface area (Å²) in [5.41, 5.74) is 3.33. The van der Waals surface area contributed by atoms with Gasteiger partial charge in [-0.1, -0.05) is 31.7 Å². The van der Waals surface area contributed by atoms with Gasteiger partial charge in [-0.15, -0.1) is 0 Å². The van der Waals surface area contributed by atoms with E-state index in [1.165, 1.54) is 62.6 Å². The predicted molar refractivity (Wildman–Crippen MR) is 124 cm³/mol. The molecule has 32 heavy (non-hydrogen) atoms. The fourth-order valence-corrected chi connectivity index (χ4v) is 7.00. The number of rotatable bonds is 3. The number of fused-ring (bicyclic) bond motifs is 2. The van der Waals surface area contributed by atoms with Gasteiger partial charge >= 0.3 is 0 Å². The van der Waals surface area contributed by atoms with Gasteiger partial charge in [0.25, 0.3) is 5.91 Å². The molecule has 2 amide bonds. The van der Waals surface area contributed by atoms with E-state index in [4.69, 9.17) is 0 Å². The van der Waals surface area contributed by atoms with E-state index in [0.29, 0.717) is 24.4 Å². The van der Waals surface area contributed by atoms with Crippen LogP contribution in [0.4, 0.5) is 0 Å². The van der Waals surface area contributed by atoms with Crippen molar-refractivity contribution < 1.29 is 9.59 Å². The van der Waals surface area contributed by atoms with E-state index in [-0.39, 0.29) is 11.8 Å². The molecule has 5 heteroatoms. The van der Waals surface area contributed by atoms with Gasteiger partial charge in [-0.3, -0.25) is 14.5 Å².